The molecule has 3 aliphatic heterocycles. The lowest BCUT2D eigenvalue weighted by Gasteiger charge is -2.37. The van der Waals surface area contributed by atoms with Gasteiger partial charge in [0.25, 0.3) is 0 Å². The van der Waals surface area contributed by atoms with Crippen LogP contribution < -0.4 is 0 Å². The fraction of sp³-hybridized carbons (Fsp3) is 0.643. The summed E-state index contributed by atoms with van der Waals surface area (Å²) in [7, 11) is 0. The van der Waals surface area contributed by atoms with E-state index in [9.17, 15) is 9.59 Å². The number of thioether (sulfide) groups is 1. The van der Waals surface area contributed by atoms with Crippen LogP contribution in [0.1, 0.15) is 30.9 Å². The molecule has 3 saturated heterocycles. The molecule has 0 N–H and O–H groups in total. The second-order valence-electron chi connectivity index (χ2n) is 6.01. The maximum Gasteiger partial charge on any atom is 0.421 e. The van der Waals surface area contributed by atoms with Crippen LogP contribution in [0.3, 0.4) is 0 Å². The quantitative estimate of drug-likeness (QED) is 0.335. The van der Waals surface area contributed by atoms with Crippen molar-refractivity contribution in [1.82, 2.24) is 13.6 Å². The van der Waals surface area contributed by atoms with Gasteiger partial charge in [-0.2, -0.15) is 14.0 Å². The predicted molar refractivity (Wildman–Crippen MR) is 82.8 cm³/mol. The molecule has 1 aromatic heterocycles. The highest BCUT2D eigenvalue weighted by Gasteiger charge is 2.59. The van der Waals surface area contributed by atoms with Gasteiger partial charge in [-0.25, -0.2) is 14.5 Å². The summed E-state index contributed by atoms with van der Waals surface area (Å²) in [4.78, 5) is 24.8. The van der Waals surface area contributed by atoms with Crippen LogP contribution in [0.4, 0.5) is 0 Å². The monoisotopic (exact) mass is 366 g/mol. The molecule has 8 nitrogen and oxygen atoms in total. The minimum Gasteiger partial charge on any atom is -0.400 e. The number of carbonyl (C=O) groups excluding carboxylic acids is 2. The van der Waals surface area contributed by atoms with Gasteiger partial charge < -0.3 is 9.47 Å². The van der Waals surface area contributed by atoms with Crippen molar-refractivity contribution in [2.75, 3.05) is 18.8 Å². The first kappa shape index (κ1) is 15.8. The molecule has 0 radical (unpaired) electrons. The van der Waals surface area contributed by atoms with E-state index in [0.717, 1.165) is 17.1 Å². The SMILES string of the molecule is N#CCCSc1nsnc1C1CN2CC1CCC21OC(=O)C(=O)O1. The van der Waals surface area contributed by atoms with Gasteiger partial charge in [-0.15, -0.1) is 11.8 Å². The van der Waals surface area contributed by atoms with Gasteiger partial charge in [-0.1, -0.05) is 0 Å². The third-order valence-electron chi connectivity index (χ3n) is 4.71. The molecule has 2 bridgehead atoms. The number of fused-ring (bicyclic) bond motifs is 3. The Morgan fingerprint density at radius 1 is 1.33 bits per heavy atom. The van der Waals surface area contributed by atoms with Crippen LogP contribution in [0.5, 0.6) is 0 Å². The fourth-order valence-electron chi connectivity index (χ4n) is 3.61. The Balaban J connectivity index is 1.52. The molecule has 4 rings (SSSR count). The fourth-order valence-corrected chi connectivity index (χ4v) is 5.23. The predicted octanol–water partition coefficient (Wildman–Crippen LogP) is 1.11. The molecule has 0 aromatic carbocycles. The zero-order chi connectivity index (χ0) is 16.7. The van der Waals surface area contributed by atoms with Crippen LogP contribution >= 0.6 is 23.5 Å². The van der Waals surface area contributed by atoms with Gasteiger partial charge in [-0.05, 0) is 12.3 Å². The lowest BCUT2D eigenvalue weighted by Crippen LogP contribution is -2.51. The molecule has 3 unspecified atom stereocenters. The van der Waals surface area contributed by atoms with E-state index in [4.69, 9.17) is 14.7 Å². The number of hydrogen-bond donors (Lipinski definition) is 0. The molecule has 0 aliphatic carbocycles. The molecule has 0 amide bonds. The summed E-state index contributed by atoms with van der Waals surface area (Å²) >= 11 is 2.73. The Bertz CT molecular complexity index is 715. The van der Waals surface area contributed by atoms with Crippen LogP contribution in [-0.2, 0) is 19.1 Å². The Labute approximate surface area is 146 Å². The van der Waals surface area contributed by atoms with Crippen LogP contribution in [0.25, 0.3) is 0 Å². The van der Waals surface area contributed by atoms with Crippen LogP contribution in [-0.4, -0.2) is 50.3 Å². The highest BCUT2D eigenvalue weighted by atomic mass is 32.2. The van der Waals surface area contributed by atoms with Crippen molar-refractivity contribution in [3.05, 3.63) is 5.69 Å². The standard InChI is InChI=1S/C14H14N4O4S2/c15-4-1-5-23-11-10(16-24-17-11)9-7-18-6-8(9)2-3-14(18)21-12(19)13(20)22-14/h8-9H,1-3,5-7H2. The van der Waals surface area contributed by atoms with E-state index in [1.807, 2.05) is 4.90 Å². The van der Waals surface area contributed by atoms with Crippen molar-refractivity contribution >= 4 is 35.4 Å². The maximum atomic E-state index is 11.5. The summed E-state index contributed by atoms with van der Waals surface area (Å²) in [6.07, 6.45) is 1.75. The number of hydrogen-bond acceptors (Lipinski definition) is 10. The average molecular weight is 366 g/mol. The van der Waals surface area contributed by atoms with Gasteiger partial charge in [0.1, 0.15) is 5.03 Å². The first-order valence-corrected chi connectivity index (χ1v) is 9.38. The first-order valence-electron chi connectivity index (χ1n) is 7.66. The van der Waals surface area contributed by atoms with E-state index in [1.165, 1.54) is 11.7 Å². The molecule has 3 aliphatic rings. The van der Waals surface area contributed by atoms with Crippen molar-refractivity contribution < 1.29 is 19.1 Å². The van der Waals surface area contributed by atoms with E-state index < -0.39 is 17.8 Å². The van der Waals surface area contributed by atoms with Gasteiger partial charge in [0.15, 0.2) is 0 Å². The van der Waals surface area contributed by atoms with Crippen molar-refractivity contribution in [3.8, 4) is 6.07 Å². The highest BCUT2D eigenvalue weighted by molar-refractivity contribution is 7.99. The van der Waals surface area contributed by atoms with Gasteiger partial charge in [0.05, 0.1) is 23.5 Å². The Kier molecular flexibility index (Phi) is 3.94. The van der Waals surface area contributed by atoms with Crippen molar-refractivity contribution in [1.29, 1.82) is 5.26 Å². The summed E-state index contributed by atoms with van der Waals surface area (Å²) in [5, 5.41) is 9.55. The number of ether oxygens (including phenoxy) is 2. The van der Waals surface area contributed by atoms with Gasteiger partial charge >= 0.3 is 17.8 Å². The van der Waals surface area contributed by atoms with E-state index in [1.54, 1.807) is 11.8 Å². The van der Waals surface area contributed by atoms with Gasteiger partial charge in [-0.3, -0.25) is 0 Å². The number of aromatic nitrogens is 2. The Morgan fingerprint density at radius 2 is 2.12 bits per heavy atom. The Morgan fingerprint density at radius 3 is 2.88 bits per heavy atom. The van der Waals surface area contributed by atoms with E-state index in [2.05, 4.69) is 14.8 Å². The summed E-state index contributed by atoms with van der Waals surface area (Å²) in [6, 6.07) is 2.13. The number of nitriles is 1. The molecule has 3 fully saturated rings. The highest BCUT2D eigenvalue weighted by Crippen LogP contribution is 2.48. The molecule has 1 spiro atoms. The molecular weight excluding hydrogens is 352 g/mol. The number of esters is 2. The van der Waals surface area contributed by atoms with Gasteiger partial charge in [0, 0.05) is 37.6 Å². The van der Waals surface area contributed by atoms with Crippen LogP contribution in [0.15, 0.2) is 5.03 Å². The zero-order valence-electron chi connectivity index (χ0n) is 12.6. The van der Waals surface area contributed by atoms with E-state index in [-0.39, 0.29) is 5.92 Å². The molecule has 24 heavy (non-hydrogen) atoms. The first-order chi connectivity index (χ1) is 11.6. The van der Waals surface area contributed by atoms with Crippen LogP contribution in [0.2, 0.25) is 0 Å². The second kappa shape index (κ2) is 5.98. The number of rotatable bonds is 4. The molecule has 0 saturated carbocycles. The number of nitrogens with zero attached hydrogens (tertiary/aromatic N) is 4. The second-order valence-corrected chi connectivity index (χ2v) is 7.63. The molecule has 4 heterocycles. The molecule has 10 heteroatoms. The minimum atomic E-state index is -1.23. The van der Waals surface area contributed by atoms with Crippen LogP contribution in [0, 0.1) is 17.2 Å². The normalized spacial score (nSPS) is 30.2. The van der Waals surface area contributed by atoms with E-state index in [0.29, 0.717) is 37.6 Å². The number of carbonyl (C=O) groups is 2. The number of piperidine rings is 1. The largest absolute Gasteiger partial charge is 0.421 e. The molecule has 1 aromatic rings. The maximum absolute atomic E-state index is 11.5. The van der Waals surface area contributed by atoms with Crippen molar-refractivity contribution in [2.45, 2.75) is 36.1 Å². The zero-order valence-corrected chi connectivity index (χ0v) is 14.3. The van der Waals surface area contributed by atoms with E-state index >= 15 is 0 Å². The van der Waals surface area contributed by atoms with Crippen molar-refractivity contribution in [2.24, 2.45) is 5.92 Å². The smallest absolute Gasteiger partial charge is 0.400 e. The summed E-state index contributed by atoms with van der Waals surface area (Å²) in [5.41, 5.74) is 0.947. The minimum absolute atomic E-state index is 0.172. The lowest BCUT2D eigenvalue weighted by molar-refractivity contribution is -0.257. The van der Waals surface area contributed by atoms with Gasteiger partial charge in [0.2, 0.25) is 0 Å². The summed E-state index contributed by atoms with van der Waals surface area (Å²) < 4.78 is 19.3. The Hall–Kier alpha value is -1.70. The van der Waals surface area contributed by atoms with Crippen molar-refractivity contribution in [3.63, 3.8) is 0 Å². The third kappa shape index (κ3) is 2.47. The summed E-state index contributed by atoms with van der Waals surface area (Å²) in [6.45, 7) is 1.31. The molecule has 3 atom stereocenters. The average Bonchev–Trinajstić information content (AvgIpc) is 3.22. The topological polar surface area (TPSA) is 105 Å². The lowest BCUT2D eigenvalue weighted by atomic mass is 9.88. The molecular formula is C14H14N4O4S2. The third-order valence-corrected chi connectivity index (χ3v) is 6.35. The summed E-state index contributed by atoms with van der Waals surface area (Å²) in [5.74, 6) is -1.83. The molecule has 126 valence electrons.